The van der Waals surface area contributed by atoms with Crippen LogP contribution in [0.1, 0.15) is 20.7 Å². The zero-order chi connectivity index (χ0) is 23.7. The van der Waals surface area contributed by atoms with Crippen LogP contribution in [-0.2, 0) is 19.1 Å². The Morgan fingerprint density at radius 2 is 0.906 bits per heavy atom. The first-order valence-electron chi connectivity index (χ1n) is 8.94. The van der Waals surface area contributed by atoms with Gasteiger partial charge in [-0.2, -0.15) is 0 Å². The molecule has 0 aliphatic carbocycles. The maximum Gasteiger partial charge on any atom is 0.338 e. The van der Waals surface area contributed by atoms with Crippen molar-refractivity contribution in [1.82, 2.24) is 10.6 Å². The fourth-order valence-corrected chi connectivity index (χ4v) is 3.33. The summed E-state index contributed by atoms with van der Waals surface area (Å²) in [5.41, 5.74) is 0.217. The fourth-order valence-electron chi connectivity index (χ4n) is 2.28. The Labute approximate surface area is 203 Å². The normalized spacial score (nSPS) is 10.2. The van der Waals surface area contributed by atoms with Crippen LogP contribution in [0.15, 0.2) is 36.4 Å². The second-order valence-corrected chi connectivity index (χ2v) is 7.91. The lowest BCUT2D eigenvalue weighted by atomic mass is 10.2. The van der Waals surface area contributed by atoms with Crippen molar-refractivity contribution in [2.45, 2.75) is 0 Å². The third-order valence-electron chi connectivity index (χ3n) is 3.63. The molecular weight excluding hydrogens is 506 g/mol. The molecule has 2 rings (SSSR count). The van der Waals surface area contributed by atoms with Crippen molar-refractivity contribution < 1.29 is 28.7 Å². The van der Waals surface area contributed by atoms with E-state index >= 15 is 0 Å². The van der Waals surface area contributed by atoms with Gasteiger partial charge in [-0.1, -0.05) is 46.4 Å². The number of carbonyl (C=O) groups is 4. The zero-order valence-corrected chi connectivity index (χ0v) is 19.3. The van der Waals surface area contributed by atoms with E-state index in [0.717, 1.165) is 0 Å². The maximum atomic E-state index is 11.9. The van der Waals surface area contributed by atoms with Crippen LogP contribution in [0.2, 0.25) is 20.1 Å². The van der Waals surface area contributed by atoms with E-state index < -0.39 is 37.0 Å². The number of hydrogen-bond donors (Lipinski definition) is 2. The highest BCUT2D eigenvalue weighted by Crippen LogP contribution is 2.20. The van der Waals surface area contributed by atoms with Gasteiger partial charge in [-0.25, -0.2) is 9.59 Å². The Morgan fingerprint density at radius 3 is 1.22 bits per heavy atom. The average molecular weight is 522 g/mol. The number of rotatable bonds is 9. The molecule has 0 saturated heterocycles. The van der Waals surface area contributed by atoms with Crippen LogP contribution in [0.4, 0.5) is 0 Å². The van der Waals surface area contributed by atoms with E-state index in [9.17, 15) is 19.2 Å². The van der Waals surface area contributed by atoms with Crippen LogP contribution in [0.3, 0.4) is 0 Å². The molecule has 0 heterocycles. The largest absolute Gasteiger partial charge is 0.452 e. The Morgan fingerprint density at radius 1 is 0.594 bits per heavy atom. The molecule has 0 atom stereocenters. The number of amides is 2. The first-order chi connectivity index (χ1) is 15.1. The van der Waals surface area contributed by atoms with Gasteiger partial charge in [-0.05, 0) is 36.4 Å². The third kappa shape index (κ3) is 8.92. The molecule has 2 aromatic rings. The van der Waals surface area contributed by atoms with Gasteiger partial charge in [0.25, 0.3) is 11.8 Å². The van der Waals surface area contributed by atoms with Crippen molar-refractivity contribution in [3.05, 3.63) is 67.6 Å². The summed E-state index contributed by atoms with van der Waals surface area (Å²) >= 11 is 23.2. The lowest BCUT2D eigenvalue weighted by molar-refractivity contribution is -0.125. The summed E-state index contributed by atoms with van der Waals surface area (Å²) in [5, 5.41) is 5.93. The molecule has 170 valence electrons. The van der Waals surface area contributed by atoms with Crippen molar-refractivity contribution in [2.75, 3.05) is 26.3 Å². The Balaban J connectivity index is 1.63. The van der Waals surface area contributed by atoms with Crippen LogP contribution in [-0.4, -0.2) is 50.1 Å². The minimum atomic E-state index is -0.763. The van der Waals surface area contributed by atoms with E-state index in [2.05, 4.69) is 10.6 Å². The third-order valence-corrected chi connectivity index (χ3v) is 4.51. The molecule has 0 aliphatic rings. The van der Waals surface area contributed by atoms with Crippen molar-refractivity contribution in [2.24, 2.45) is 0 Å². The number of benzene rings is 2. The van der Waals surface area contributed by atoms with Crippen LogP contribution in [0.25, 0.3) is 0 Å². The van der Waals surface area contributed by atoms with Crippen molar-refractivity contribution in [3.8, 4) is 0 Å². The maximum absolute atomic E-state index is 11.9. The Hall–Kier alpha value is -2.52. The quantitative estimate of drug-likeness (QED) is 0.385. The van der Waals surface area contributed by atoms with Gasteiger partial charge in [0.1, 0.15) is 0 Å². The van der Waals surface area contributed by atoms with Gasteiger partial charge < -0.3 is 20.1 Å². The number of ether oxygens (including phenoxy) is 2. The first kappa shape index (κ1) is 25.7. The van der Waals surface area contributed by atoms with Crippen molar-refractivity contribution in [1.29, 1.82) is 0 Å². The van der Waals surface area contributed by atoms with Gasteiger partial charge in [0.2, 0.25) is 0 Å². The molecule has 0 saturated carbocycles. The van der Waals surface area contributed by atoms with E-state index in [-0.39, 0.29) is 44.3 Å². The number of halogens is 4. The van der Waals surface area contributed by atoms with E-state index in [1.165, 1.54) is 36.4 Å². The molecule has 2 amide bonds. The minimum absolute atomic E-state index is 0.0585. The lowest BCUT2D eigenvalue weighted by Crippen LogP contribution is -2.38. The number of esters is 2. The van der Waals surface area contributed by atoms with Gasteiger partial charge in [0, 0.05) is 33.2 Å². The summed E-state index contributed by atoms with van der Waals surface area (Å²) in [6, 6.07) is 8.34. The first-order valence-corrected chi connectivity index (χ1v) is 10.4. The number of hydrogen-bond acceptors (Lipinski definition) is 6. The molecule has 8 nitrogen and oxygen atoms in total. The monoisotopic (exact) mass is 520 g/mol. The SMILES string of the molecule is O=C(COC(=O)c1cc(Cl)cc(Cl)c1)NCCNC(=O)COC(=O)c1cc(Cl)cc(Cl)c1. The standard InChI is InChI=1S/C20H16Cl4N2O6/c21-13-3-11(4-14(22)7-13)19(29)31-9-17(27)25-1-2-26-18(28)10-32-20(30)12-5-15(23)8-16(24)6-12/h3-8H,1-2,9-10H2,(H,25,27)(H,26,28). The van der Waals surface area contributed by atoms with Gasteiger partial charge in [-0.3, -0.25) is 9.59 Å². The molecule has 0 spiro atoms. The highest BCUT2D eigenvalue weighted by molar-refractivity contribution is 6.35. The summed E-state index contributed by atoms with van der Waals surface area (Å²) in [7, 11) is 0. The van der Waals surface area contributed by atoms with Crippen LogP contribution < -0.4 is 10.6 Å². The predicted octanol–water partition coefficient (Wildman–Crippen LogP) is 3.55. The molecule has 0 fully saturated rings. The lowest BCUT2D eigenvalue weighted by Gasteiger charge is -2.09. The van der Waals surface area contributed by atoms with Crippen molar-refractivity contribution in [3.63, 3.8) is 0 Å². The summed E-state index contributed by atoms with van der Waals surface area (Å²) in [4.78, 5) is 47.3. The second kappa shape index (κ2) is 12.5. The Kier molecular flexibility index (Phi) is 10.1. The minimum Gasteiger partial charge on any atom is -0.452 e. The van der Waals surface area contributed by atoms with E-state index in [1.807, 2.05) is 0 Å². The highest BCUT2D eigenvalue weighted by Gasteiger charge is 2.13. The molecule has 2 aromatic carbocycles. The number of nitrogens with one attached hydrogen (secondary N) is 2. The smallest absolute Gasteiger partial charge is 0.338 e. The molecule has 12 heteroatoms. The van der Waals surface area contributed by atoms with Gasteiger partial charge in [0.05, 0.1) is 11.1 Å². The summed E-state index contributed by atoms with van der Waals surface area (Å²) in [5.74, 6) is -2.68. The van der Waals surface area contributed by atoms with Crippen molar-refractivity contribution >= 4 is 70.2 Å². The second-order valence-electron chi connectivity index (χ2n) is 6.17. The zero-order valence-electron chi connectivity index (χ0n) is 16.3. The summed E-state index contributed by atoms with van der Waals surface area (Å²) in [6.45, 7) is -0.945. The summed E-state index contributed by atoms with van der Waals surface area (Å²) in [6.07, 6.45) is 0. The molecule has 32 heavy (non-hydrogen) atoms. The van der Waals surface area contributed by atoms with Crippen LogP contribution >= 0.6 is 46.4 Å². The van der Waals surface area contributed by atoms with Gasteiger partial charge >= 0.3 is 11.9 Å². The average Bonchev–Trinajstić information content (AvgIpc) is 2.71. The molecular formula is C20H16Cl4N2O6. The van der Waals surface area contributed by atoms with E-state index in [0.29, 0.717) is 0 Å². The van der Waals surface area contributed by atoms with Crippen LogP contribution in [0, 0.1) is 0 Å². The topological polar surface area (TPSA) is 111 Å². The Bertz CT molecular complexity index is 909. The van der Waals surface area contributed by atoms with Gasteiger partial charge in [0.15, 0.2) is 13.2 Å². The molecule has 2 N–H and O–H groups in total. The highest BCUT2D eigenvalue weighted by atomic mass is 35.5. The molecule has 0 bridgehead atoms. The number of carbonyl (C=O) groups excluding carboxylic acids is 4. The molecule has 0 aromatic heterocycles. The van der Waals surface area contributed by atoms with E-state index in [1.54, 1.807) is 0 Å². The molecule has 0 radical (unpaired) electrons. The fraction of sp³-hybridized carbons (Fsp3) is 0.200. The molecule has 0 aliphatic heterocycles. The predicted molar refractivity (Wildman–Crippen MR) is 120 cm³/mol. The molecule has 0 unspecified atom stereocenters. The van der Waals surface area contributed by atoms with E-state index in [4.69, 9.17) is 55.9 Å². The van der Waals surface area contributed by atoms with Crippen LogP contribution in [0.5, 0.6) is 0 Å². The summed E-state index contributed by atoms with van der Waals surface area (Å²) < 4.78 is 9.74. The van der Waals surface area contributed by atoms with Gasteiger partial charge in [-0.15, -0.1) is 0 Å².